The summed E-state index contributed by atoms with van der Waals surface area (Å²) in [7, 11) is 3.35. The molecule has 2 atom stereocenters. The zero-order chi connectivity index (χ0) is 13.4. The van der Waals surface area contributed by atoms with Crippen LogP contribution in [0, 0.1) is 0 Å². The van der Waals surface area contributed by atoms with Gasteiger partial charge >= 0.3 is 0 Å². The summed E-state index contributed by atoms with van der Waals surface area (Å²) in [5.74, 6) is 0.712. The Balaban J connectivity index is 1.96. The van der Waals surface area contributed by atoms with E-state index in [2.05, 4.69) is 4.98 Å². The number of aromatic nitrogens is 2. The van der Waals surface area contributed by atoms with E-state index in [4.69, 9.17) is 9.47 Å². The zero-order valence-corrected chi connectivity index (χ0v) is 11.6. The molecule has 3 heterocycles. The predicted molar refractivity (Wildman–Crippen MR) is 72.3 cm³/mol. The van der Waals surface area contributed by atoms with E-state index < -0.39 is 0 Å². The molecule has 0 radical (unpaired) electrons. The van der Waals surface area contributed by atoms with E-state index in [1.807, 2.05) is 20.9 Å². The van der Waals surface area contributed by atoms with Crippen molar-refractivity contribution in [2.75, 3.05) is 32.2 Å². The molecule has 102 valence electrons. The van der Waals surface area contributed by atoms with E-state index in [1.54, 1.807) is 14.2 Å². The Morgan fingerprint density at radius 3 is 2.63 bits per heavy atom. The number of hydrogen-bond acceptors (Lipinski definition) is 6. The Morgan fingerprint density at radius 1 is 1.37 bits per heavy atom. The van der Waals surface area contributed by atoms with Gasteiger partial charge in [-0.25, -0.2) is 4.98 Å². The van der Waals surface area contributed by atoms with Crippen molar-refractivity contribution in [3.8, 4) is 0 Å². The van der Waals surface area contributed by atoms with E-state index in [9.17, 15) is 4.79 Å². The smallest absolute Gasteiger partial charge is 0.196 e. The molecule has 1 fully saturated rings. The lowest BCUT2D eigenvalue weighted by Crippen LogP contribution is -2.27. The lowest BCUT2D eigenvalue weighted by atomic mass is 10.3. The number of imidazole rings is 1. The molecule has 2 aromatic rings. The van der Waals surface area contributed by atoms with Crippen molar-refractivity contribution < 1.29 is 14.3 Å². The summed E-state index contributed by atoms with van der Waals surface area (Å²) >= 11 is 1.51. The molecular weight excluding hydrogens is 266 g/mol. The van der Waals surface area contributed by atoms with Gasteiger partial charge in [-0.2, -0.15) is 0 Å². The normalized spacial score (nSPS) is 23.4. The van der Waals surface area contributed by atoms with Gasteiger partial charge in [-0.15, -0.1) is 11.3 Å². The molecule has 0 bridgehead atoms. The van der Waals surface area contributed by atoms with Crippen LogP contribution in [0.15, 0.2) is 11.6 Å². The number of aldehydes is 1. The van der Waals surface area contributed by atoms with Gasteiger partial charge in [0.25, 0.3) is 0 Å². The Hall–Kier alpha value is -1.44. The number of carbonyl (C=O) groups is 1. The van der Waals surface area contributed by atoms with Gasteiger partial charge in [-0.3, -0.25) is 9.20 Å². The van der Waals surface area contributed by atoms with Crippen LogP contribution in [-0.2, 0) is 9.47 Å². The van der Waals surface area contributed by atoms with Crippen molar-refractivity contribution in [3.63, 3.8) is 0 Å². The first-order valence-electron chi connectivity index (χ1n) is 5.99. The molecule has 0 spiro atoms. The highest BCUT2D eigenvalue weighted by Crippen LogP contribution is 2.27. The van der Waals surface area contributed by atoms with Gasteiger partial charge in [0, 0.05) is 38.9 Å². The van der Waals surface area contributed by atoms with E-state index in [0.717, 1.165) is 11.2 Å². The maximum Gasteiger partial charge on any atom is 0.196 e. The van der Waals surface area contributed by atoms with Crippen LogP contribution in [0.25, 0.3) is 4.96 Å². The fourth-order valence-corrected chi connectivity index (χ4v) is 3.22. The van der Waals surface area contributed by atoms with Gasteiger partial charge in [-0.05, 0) is 0 Å². The first-order valence-corrected chi connectivity index (χ1v) is 6.87. The molecule has 7 heteroatoms. The third kappa shape index (κ3) is 1.94. The van der Waals surface area contributed by atoms with Crippen LogP contribution in [0.1, 0.15) is 10.5 Å². The largest absolute Gasteiger partial charge is 0.377 e. The summed E-state index contributed by atoms with van der Waals surface area (Å²) in [6, 6.07) is 0. The fourth-order valence-electron chi connectivity index (χ4n) is 2.50. The van der Waals surface area contributed by atoms with Gasteiger partial charge < -0.3 is 14.4 Å². The van der Waals surface area contributed by atoms with Crippen molar-refractivity contribution in [1.29, 1.82) is 0 Å². The molecule has 19 heavy (non-hydrogen) atoms. The SMILES string of the molecule is COC1CN(c2nc3sccn3c2C=O)CC1OC. The van der Waals surface area contributed by atoms with E-state index in [-0.39, 0.29) is 12.2 Å². The van der Waals surface area contributed by atoms with Gasteiger partial charge in [0.1, 0.15) is 17.9 Å². The van der Waals surface area contributed by atoms with Crippen LogP contribution < -0.4 is 4.90 Å². The highest BCUT2D eigenvalue weighted by Gasteiger charge is 2.35. The van der Waals surface area contributed by atoms with E-state index in [1.165, 1.54) is 11.3 Å². The Labute approximate surface area is 114 Å². The van der Waals surface area contributed by atoms with Gasteiger partial charge in [0.2, 0.25) is 0 Å². The molecular formula is C12H15N3O3S. The number of hydrogen-bond donors (Lipinski definition) is 0. The number of rotatable bonds is 4. The predicted octanol–water partition coefficient (Wildman–Crippen LogP) is 1.06. The number of thiazole rings is 1. The molecule has 3 rings (SSSR count). The Kier molecular flexibility index (Phi) is 3.26. The number of nitrogens with zero attached hydrogens (tertiary/aromatic N) is 3. The average Bonchev–Trinajstić information content (AvgIpc) is 3.10. The topological polar surface area (TPSA) is 56.1 Å². The van der Waals surface area contributed by atoms with Crippen LogP contribution in [0.3, 0.4) is 0 Å². The highest BCUT2D eigenvalue weighted by molar-refractivity contribution is 7.15. The molecule has 1 aliphatic rings. The number of methoxy groups -OCH3 is 2. The third-order valence-electron chi connectivity index (χ3n) is 3.51. The van der Waals surface area contributed by atoms with Crippen molar-refractivity contribution in [3.05, 3.63) is 17.3 Å². The molecule has 1 aliphatic heterocycles. The summed E-state index contributed by atoms with van der Waals surface area (Å²) in [5.41, 5.74) is 0.586. The quantitative estimate of drug-likeness (QED) is 0.784. The number of ether oxygens (including phenoxy) is 2. The molecule has 0 aliphatic carbocycles. The van der Waals surface area contributed by atoms with Gasteiger partial charge in [-0.1, -0.05) is 0 Å². The molecule has 2 unspecified atom stereocenters. The molecule has 6 nitrogen and oxygen atoms in total. The number of anilines is 1. The van der Waals surface area contributed by atoms with Gasteiger partial charge in [0.15, 0.2) is 17.1 Å². The summed E-state index contributed by atoms with van der Waals surface area (Å²) in [6.45, 7) is 1.36. The minimum atomic E-state index is 0.00392. The minimum Gasteiger partial charge on any atom is -0.377 e. The zero-order valence-electron chi connectivity index (χ0n) is 10.8. The van der Waals surface area contributed by atoms with E-state index in [0.29, 0.717) is 24.6 Å². The first kappa shape index (κ1) is 12.6. The average molecular weight is 281 g/mol. The molecule has 1 saturated heterocycles. The monoisotopic (exact) mass is 281 g/mol. The number of fused-ring (bicyclic) bond motifs is 1. The second-order valence-corrected chi connectivity index (χ2v) is 5.32. The molecule has 2 aromatic heterocycles. The maximum atomic E-state index is 11.3. The summed E-state index contributed by atoms with van der Waals surface area (Å²) in [5, 5.41) is 1.92. The van der Waals surface area contributed by atoms with Crippen molar-refractivity contribution in [2.45, 2.75) is 12.2 Å². The summed E-state index contributed by atoms with van der Waals surface area (Å²) in [4.78, 5) is 18.7. The Bertz CT molecular complexity index is 582. The molecule has 0 saturated carbocycles. The molecule has 0 aromatic carbocycles. The van der Waals surface area contributed by atoms with Crippen LogP contribution >= 0.6 is 11.3 Å². The second-order valence-electron chi connectivity index (χ2n) is 4.45. The van der Waals surface area contributed by atoms with Crippen LogP contribution in [0.4, 0.5) is 5.82 Å². The molecule has 0 N–H and O–H groups in total. The molecule has 0 amide bonds. The van der Waals surface area contributed by atoms with Crippen LogP contribution in [-0.4, -0.2) is 55.2 Å². The van der Waals surface area contributed by atoms with E-state index >= 15 is 0 Å². The maximum absolute atomic E-state index is 11.3. The van der Waals surface area contributed by atoms with Crippen LogP contribution in [0.5, 0.6) is 0 Å². The third-order valence-corrected chi connectivity index (χ3v) is 4.27. The lowest BCUT2D eigenvalue weighted by molar-refractivity contribution is -0.00461. The van der Waals surface area contributed by atoms with Gasteiger partial charge in [0.05, 0.1) is 0 Å². The van der Waals surface area contributed by atoms with Crippen LogP contribution in [0.2, 0.25) is 0 Å². The lowest BCUT2D eigenvalue weighted by Gasteiger charge is -2.15. The summed E-state index contributed by atoms with van der Waals surface area (Å²) in [6.07, 6.45) is 2.72. The Morgan fingerprint density at radius 2 is 2.05 bits per heavy atom. The van der Waals surface area contributed by atoms with Crippen molar-refractivity contribution >= 4 is 28.4 Å². The number of carbonyl (C=O) groups excluding carboxylic acids is 1. The minimum absolute atomic E-state index is 0.00392. The second kappa shape index (κ2) is 4.92. The summed E-state index contributed by atoms with van der Waals surface area (Å²) < 4.78 is 12.6. The standard InChI is InChI=1S/C12H15N3O3S/c1-17-9-5-14(6-10(9)18-2)11-8(7-16)15-3-4-19-12(15)13-11/h3-4,7,9-10H,5-6H2,1-2H3. The highest BCUT2D eigenvalue weighted by atomic mass is 32.1. The van der Waals surface area contributed by atoms with Crippen molar-refractivity contribution in [2.24, 2.45) is 0 Å². The first-order chi connectivity index (χ1) is 9.28. The van der Waals surface area contributed by atoms with Crippen molar-refractivity contribution in [1.82, 2.24) is 9.38 Å². The fraction of sp³-hybridized carbons (Fsp3) is 0.500.